The smallest absolute Gasteiger partial charge is 0.354 e. The highest BCUT2D eigenvalue weighted by Crippen LogP contribution is 2.38. The van der Waals surface area contributed by atoms with Gasteiger partial charge >= 0.3 is 11.6 Å². The molecule has 0 aliphatic carbocycles. The molecule has 0 saturated heterocycles. The van der Waals surface area contributed by atoms with Gasteiger partial charge in [0.25, 0.3) is 5.56 Å². The summed E-state index contributed by atoms with van der Waals surface area (Å²) in [6.45, 7) is 0. The van der Waals surface area contributed by atoms with Gasteiger partial charge in [-0.15, -0.1) is 0 Å². The number of pyridine rings is 1. The number of carboxylic acid groups (broad SMARTS) is 1. The summed E-state index contributed by atoms with van der Waals surface area (Å²) in [6.07, 6.45) is 0. The maximum Gasteiger partial charge on any atom is 0.354 e. The van der Waals surface area contributed by atoms with Gasteiger partial charge in [-0.3, -0.25) is 4.79 Å². The van der Waals surface area contributed by atoms with Crippen molar-refractivity contribution in [1.82, 2.24) is 4.57 Å². The number of carbonyl (C=O) groups is 1. The molecule has 7 nitrogen and oxygen atoms in total. The van der Waals surface area contributed by atoms with E-state index in [1.54, 1.807) is 43.4 Å². The fourth-order valence-corrected chi connectivity index (χ4v) is 4.02. The molecule has 0 radical (unpaired) electrons. The monoisotopic (exact) mass is 395 g/mol. The SMILES string of the molecule is Cn1c(=O)c2c(O)c(Sc3ccccc3C(=O)O)c(=O)oc2c2ccccc21. The lowest BCUT2D eigenvalue weighted by atomic mass is 10.1. The molecule has 28 heavy (non-hydrogen) atoms. The van der Waals surface area contributed by atoms with Crippen molar-refractivity contribution in [2.24, 2.45) is 7.05 Å². The van der Waals surface area contributed by atoms with E-state index in [-0.39, 0.29) is 26.3 Å². The van der Waals surface area contributed by atoms with Gasteiger partial charge in [0.1, 0.15) is 10.3 Å². The molecule has 0 spiro atoms. The van der Waals surface area contributed by atoms with E-state index < -0.39 is 22.9 Å². The molecule has 0 fully saturated rings. The van der Waals surface area contributed by atoms with Crippen LogP contribution in [0.2, 0.25) is 0 Å². The first-order chi connectivity index (χ1) is 13.4. The van der Waals surface area contributed by atoms with E-state index >= 15 is 0 Å². The van der Waals surface area contributed by atoms with Crippen LogP contribution in [0, 0.1) is 0 Å². The second-order valence-electron chi connectivity index (χ2n) is 6.06. The molecule has 4 aromatic rings. The summed E-state index contributed by atoms with van der Waals surface area (Å²) < 4.78 is 6.76. The number of aromatic nitrogens is 1. The number of benzene rings is 2. The van der Waals surface area contributed by atoms with Crippen LogP contribution < -0.4 is 11.2 Å². The highest BCUT2D eigenvalue weighted by Gasteiger charge is 2.22. The van der Waals surface area contributed by atoms with Crippen LogP contribution in [0.4, 0.5) is 0 Å². The Morgan fingerprint density at radius 3 is 2.50 bits per heavy atom. The lowest BCUT2D eigenvalue weighted by molar-refractivity contribution is 0.0693. The van der Waals surface area contributed by atoms with Crippen LogP contribution in [0.5, 0.6) is 5.75 Å². The van der Waals surface area contributed by atoms with Crippen molar-refractivity contribution in [3.63, 3.8) is 0 Å². The van der Waals surface area contributed by atoms with Gasteiger partial charge < -0.3 is 19.2 Å². The number of carboxylic acids is 1. The molecule has 140 valence electrons. The fourth-order valence-electron chi connectivity index (χ4n) is 3.06. The van der Waals surface area contributed by atoms with Crippen LogP contribution >= 0.6 is 11.8 Å². The van der Waals surface area contributed by atoms with Crippen LogP contribution in [-0.2, 0) is 7.05 Å². The average molecular weight is 395 g/mol. The Morgan fingerprint density at radius 2 is 1.75 bits per heavy atom. The summed E-state index contributed by atoms with van der Waals surface area (Å²) in [5.41, 5.74) is -0.856. The highest BCUT2D eigenvalue weighted by atomic mass is 32.2. The molecule has 0 unspecified atom stereocenters. The van der Waals surface area contributed by atoms with Crippen molar-refractivity contribution in [2.45, 2.75) is 9.79 Å². The quantitative estimate of drug-likeness (QED) is 0.513. The Bertz CT molecular complexity index is 1390. The molecular weight excluding hydrogens is 382 g/mol. The number of rotatable bonds is 3. The minimum absolute atomic E-state index is 0.00271. The predicted octanol–water partition coefficient (Wildman–Crippen LogP) is 3.20. The molecule has 0 atom stereocenters. The predicted molar refractivity (Wildman–Crippen MR) is 104 cm³/mol. The van der Waals surface area contributed by atoms with Gasteiger partial charge in [-0.1, -0.05) is 36.0 Å². The van der Waals surface area contributed by atoms with Crippen LogP contribution in [0.1, 0.15) is 10.4 Å². The summed E-state index contributed by atoms with van der Waals surface area (Å²) in [4.78, 5) is 36.8. The Morgan fingerprint density at radius 1 is 1.07 bits per heavy atom. The van der Waals surface area contributed by atoms with Crippen molar-refractivity contribution >= 4 is 39.6 Å². The third-order valence-corrected chi connectivity index (χ3v) is 5.56. The number of aromatic hydroxyl groups is 1. The van der Waals surface area contributed by atoms with Gasteiger partial charge in [0.05, 0.1) is 11.1 Å². The third-order valence-electron chi connectivity index (χ3n) is 4.42. The molecule has 2 heterocycles. The summed E-state index contributed by atoms with van der Waals surface area (Å²) in [5.74, 6) is -1.70. The molecule has 2 N–H and O–H groups in total. The Hall–Kier alpha value is -3.52. The molecule has 0 aliphatic heterocycles. The van der Waals surface area contributed by atoms with E-state index in [9.17, 15) is 24.6 Å². The molecule has 2 aromatic carbocycles. The maximum absolute atomic E-state index is 12.8. The maximum atomic E-state index is 12.8. The van der Waals surface area contributed by atoms with Gasteiger partial charge in [-0.25, -0.2) is 9.59 Å². The standard InChI is InChI=1S/C20H13NO6S/c1-21-12-8-4-2-6-10(12)16-14(18(21)23)15(22)17(20(26)27-16)28-13-9-5-3-7-11(13)19(24)25/h2-9,22H,1H3,(H,24,25). The van der Waals surface area contributed by atoms with E-state index in [0.717, 1.165) is 11.8 Å². The van der Waals surface area contributed by atoms with E-state index in [1.165, 1.54) is 16.7 Å². The number of aryl methyl sites for hydroxylation is 1. The zero-order chi connectivity index (χ0) is 20.0. The van der Waals surface area contributed by atoms with Gasteiger partial charge in [-0.05, 0) is 24.3 Å². The first-order valence-electron chi connectivity index (χ1n) is 8.18. The van der Waals surface area contributed by atoms with Gasteiger partial charge in [0.2, 0.25) is 0 Å². The lowest BCUT2D eigenvalue weighted by Gasteiger charge is -2.11. The van der Waals surface area contributed by atoms with Crippen LogP contribution in [0.3, 0.4) is 0 Å². The molecule has 2 aromatic heterocycles. The first-order valence-corrected chi connectivity index (χ1v) is 8.99. The molecule has 0 amide bonds. The van der Waals surface area contributed by atoms with Crippen LogP contribution in [-0.4, -0.2) is 20.7 Å². The summed E-state index contributed by atoms with van der Waals surface area (Å²) in [5, 5.41) is 20.4. The van der Waals surface area contributed by atoms with Crippen molar-refractivity contribution in [3.8, 4) is 5.75 Å². The van der Waals surface area contributed by atoms with Crippen molar-refractivity contribution in [3.05, 3.63) is 74.9 Å². The third kappa shape index (κ3) is 2.66. The number of hydrogen-bond donors (Lipinski definition) is 2. The molecule has 4 rings (SSSR count). The fraction of sp³-hybridized carbons (Fsp3) is 0.0500. The summed E-state index contributed by atoms with van der Waals surface area (Å²) in [7, 11) is 1.56. The van der Waals surface area contributed by atoms with E-state index in [2.05, 4.69) is 0 Å². The Labute approximate surface area is 161 Å². The lowest BCUT2D eigenvalue weighted by Crippen LogP contribution is -2.19. The number of fused-ring (bicyclic) bond motifs is 3. The number of hydrogen-bond acceptors (Lipinski definition) is 6. The van der Waals surface area contributed by atoms with Gasteiger partial charge in [-0.2, -0.15) is 0 Å². The first kappa shape index (κ1) is 17.9. The van der Waals surface area contributed by atoms with Crippen molar-refractivity contribution < 1.29 is 19.4 Å². The molecule has 0 aliphatic rings. The average Bonchev–Trinajstić information content (AvgIpc) is 2.69. The second-order valence-corrected chi connectivity index (χ2v) is 7.11. The number of para-hydroxylation sites is 1. The minimum atomic E-state index is -1.17. The van der Waals surface area contributed by atoms with E-state index in [4.69, 9.17) is 4.42 Å². The zero-order valence-electron chi connectivity index (χ0n) is 14.5. The number of nitrogens with zero attached hydrogens (tertiary/aromatic N) is 1. The molecular formula is C20H13NO6S. The van der Waals surface area contributed by atoms with Gasteiger partial charge in [0, 0.05) is 17.3 Å². The van der Waals surface area contributed by atoms with Crippen LogP contribution in [0.25, 0.3) is 21.9 Å². The minimum Gasteiger partial charge on any atom is -0.505 e. The number of aromatic carboxylic acids is 1. The largest absolute Gasteiger partial charge is 0.505 e. The Balaban J connectivity index is 2.04. The van der Waals surface area contributed by atoms with E-state index in [1.807, 2.05) is 0 Å². The zero-order valence-corrected chi connectivity index (χ0v) is 15.3. The highest BCUT2D eigenvalue weighted by molar-refractivity contribution is 7.99. The van der Waals surface area contributed by atoms with Gasteiger partial charge in [0.15, 0.2) is 11.3 Å². The molecule has 8 heteroatoms. The van der Waals surface area contributed by atoms with Crippen molar-refractivity contribution in [1.29, 1.82) is 0 Å². The van der Waals surface area contributed by atoms with Crippen LogP contribution in [0.15, 0.2) is 72.3 Å². The summed E-state index contributed by atoms with van der Waals surface area (Å²) in [6, 6.07) is 12.9. The molecule has 0 saturated carbocycles. The Kier molecular flexibility index (Phi) is 4.20. The normalized spacial score (nSPS) is 11.2. The molecule has 0 bridgehead atoms. The van der Waals surface area contributed by atoms with Crippen molar-refractivity contribution in [2.75, 3.05) is 0 Å². The summed E-state index contributed by atoms with van der Waals surface area (Å²) >= 11 is 0.745. The van der Waals surface area contributed by atoms with E-state index in [0.29, 0.717) is 10.9 Å². The second kappa shape index (κ2) is 6.58. The topological polar surface area (TPSA) is 110 Å².